The molecule has 0 unspecified atom stereocenters. The first-order valence-electron chi connectivity index (χ1n) is 27.5. The molecule has 0 heterocycles. The molecule has 17 rings (SSSR count). The minimum absolute atomic E-state index is 0.0203. The van der Waals surface area contributed by atoms with E-state index in [1.807, 2.05) is 0 Å². The van der Waals surface area contributed by atoms with Crippen LogP contribution in [-0.4, -0.2) is 0 Å². The Hall–Kier alpha value is -9.04. The van der Waals surface area contributed by atoms with Gasteiger partial charge in [-0.1, -0.05) is 232 Å². The third kappa shape index (κ3) is 5.54. The molecule has 13 aromatic carbocycles. The van der Waals surface area contributed by atoms with Gasteiger partial charge in [0.15, 0.2) is 0 Å². The molecule has 1 saturated carbocycles. The number of benzene rings is 13. The Morgan fingerprint density at radius 2 is 0.789 bits per heavy atom. The van der Waals surface area contributed by atoms with Gasteiger partial charge in [-0.15, -0.1) is 0 Å². The van der Waals surface area contributed by atoms with E-state index in [1.165, 1.54) is 175 Å². The van der Waals surface area contributed by atoms with Gasteiger partial charge in [0.1, 0.15) is 0 Å². The monoisotopic (exact) mass is 965 g/mol. The van der Waals surface area contributed by atoms with Crippen molar-refractivity contribution in [1.29, 1.82) is 0 Å². The number of fused-ring (bicyclic) bond motifs is 24. The molecular formula is C75H51N. The van der Waals surface area contributed by atoms with Crippen LogP contribution in [-0.2, 0) is 10.8 Å². The lowest BCUT2D eigenvalue weighted by atomic mass is 9.68. The fraction of sp³-hybridized carbons (Fsp3) is 0.0933. The molecule has 0 radical (unpaired) electrons. The van der Waals surface area contributed by atoms with Gasteiger partial charge in [-0.3, -0.25) is 0 Å². The van der Waals surface area contributed by atoms with Gasteiger partial charge in [-0.05, 0) is 170 Å². The van der Waals surface area contributed by atoms with Crippen molar-refractivity contribution in [2.24, 2.45) is 0 Å². The second kappa shape index (κ2) is 15.7. The highest BCUT2D eigenvalue weighted by Gasteiger charge is 2.52. The topological polar surface area (TPSA) is 3.24 Å². The molecule has 0 aliphatic heterocycles. The lowest BCUT2D eigenvalue weighted by Gasteiger charge is -2.36. The molecule has 0 atom stereocenters. The molecule has 356 valence electrons. The van der Waals surface area contributed by atoms with E-state index in [0.717, 1.165) is 5.69 Å². The van der Waals surface area contributed by atoms with Crippen molar-refractivity contribution in [3.05, 3.63) is 282 Å². The molecule has 0 saturated heterocycles. The molecule has 1 nitrogen and oxygen atoms in total. The van der Waals surface area contributed by atoms with Crippen molar-refractivity contribution in [2.75, 3.05) is 4.90 Å². The summed E-state index contributed by atoms with van der Waals surface area (Å²) in [5.74, 6) is 0. The molecule has 1 heteroatoms. The lowest BCUT2D eigenvalue weighted by Crippen LogP contribution is -2.28. The Labute approximate surface area is 443 Å². The number of hydrogen-bond acceptors (Lipinski definition) is 1. The van der Waals surface area contributed by atoms with Crippen molar-refractivity contribution in [2.45, 2.75) is 42.9 Å². The summed E-state index contributed by atoms with van der Waals surface area (Å²) < 4.78 is 0. The Bertz CT molecular complexity index is 4560. The average Bonchev–Trinajstić information content (AvgIpc) is 4.27. The van der Waals surface area contributed by atoms with Gasteiger partial charge >= 0.3 is 0 Å². The largest absolute Gasteiger partial charge is 0.309 e. The zero-order valence-electron chi connectivity index (χ0n) is 42.2. The van der Waals surface area contributed by atoms with E-state index in [4.69, 9.17) is 0 Å². The predicted molar refractivity (Wildman–Crippen MR) is 320 cm³/mol. The number of anilines is 3. The summed E-state index contributed by atoms with van der Waals surface area (Å²) in [6.45, 7) is 0. The van der Waals surface area contributed by atoms with Gasteiger partial charge in [-0.2, -0.15) is 0 Å². The van der Waals surface area contributed by atoms with Crippen molar-refractivity contribution >= 4 is 70.9 Å². The van der Waals surface area contributed by atoms with Crippen LogP contribution in [0.3, 0.4) is 0 Å². The smallest absolute Gasteiger partial charge is 0.0726 e. The maximum Gasteiger partial charge on any atom is 0.0726 e. The predicted octanol–water partition coefficient (Wildman–Crippen LogP) is 20.2. The van der Waals surface area contributed by atoms with Gasteiger partial charge in [0, 0.05) is 22.2 Å². The van der Waals surface area contributed by atoms with E-state index in [2.05, 4.69) is 254 Å². The van der Waals surface area contributed by atoms with Crippen LogP contribution in [0.2, 0.25) is 0 Å². The van der Waals surface area contributed by atoms with Gasteiger partial charge < -0.3 is 4.90 Å². The van der Waals surface area contributed by atoms with E-state index in [-0.39, 0.29) is 5.41 Å². The van der Waals surface area contributed by atoms with Crippen LogP contribution in [0.1, 0.15) is 65.5 Å². The molecule has 0 amide bonds. The standard InChI is InChI=1S/C75H51N/c1-16-41-74(42-17-1)65-29-12-11-28-60(65)73-69(74)33-18-34-71(73)76(50-39-40-56-54-23-5-4-21-52(54)53-22-6-7-24-55(53)63(56)44-50)72-46-70-64(45-62(72)49-38-37-48-36-35-47-19-2-3-20-51(47)61(48)43-49)59-27-10-15-32-68(59)75(70)66-30-13-8-25-57(66)58-26-9-14-31-67(58)75/h2-15,18-40,43-46H,1,16-17,41-42H2. The van der Waals surface area contributed by atoms with Gasteiger partial charge in [-0.25, -0.2) is 0 Å². The first-order chi connectivity index (χ1) is 37.7. The molecule has 1 fully saturated rings. The van der Waals surface area contributed by atoms with E-state index in [0.29, 0.717) is 0 Å². The quantitative estimate of drug-likeness (QED) is 0.159. The van der Waals surface area contributed by atoms with Crippen LogP contribution >= 0.6 is 0 Å². The Kier molecular flexibility index (Phi) is 8.77. The number of rotatable bonds is 4. The van der Waals surface area contributed by atoms with Crippen molar-refractivity contribution in [3.8, 4) is 44.5 Å². The van der Waals surface area contributed by atoms with Crippen LogP contribution in [0.15, 0.2) is 249 Å². The average molecular weight is 966 g/mol. The van der Waals surface area contributed by atoms with Gasteiger partial charge in [0.25, 0.3) is 0 Å². The second-order valence-electron chi connectivity index (χ2n) is 22.1. The molecule has 0 N–H and O–H groups in total. The maximum atomic E-state index is 2.70. The van der Waals surface area contributed by atoms with E-state index in [1.54, 1.807) is 0 Å². The molecule has 76 heavy (non-hydrogen) atoms. The minimum Gasteiger partial charge on any atom is -0.309 e. The highest BCUT2D eigenvalue weighted by Crippen LogP contribution is 2.65. The second-order valence-corrected chi connectivity index (χ2v) is 22.1. The third-order valence-electron chi connectivity index (χ3n) is 18.6. The van der Waals surface area contributed by atoms with Crippen LogP contribution in [0.25, 0.3) is 98.4 Å². The molecule has 2 spiro atoms. The number of nitrogens with zero attached hydrogens (tertiary/aromatic N) is 1. The van der Waals surface area contributed by atoms with E-state index in [9.17, 15) is 0 Å². The lowest BCUT2D eigenvalue weighted by molar-refractivity contribution is 0.353. The summed E-state index contributed by atoms with van der Waals surface area (Å²) in [4.78, 5) is 2.70. The summed E-state index contributed by atoms with van der Waals surface area (Å²) >= 11 is 0. The Morgan fingerprint density at radius 3 is 1.46 bits per heavy atom. The molecule has 0 aromatic heterocycles. The summed E-state index contributed by atoms with van der Waals surface area (Å²) in [5.41, 5.74) is 21.7. The Morgan fingerprint density at radius 1 is 0.276 bits per heavy atom. The highest BCUT2D eigenvalue weighted by atomic mass is 15.1. The van der Waals surface area contributed by atoms with Crippen LogP contribution in [0.4, 0.5) is 17.1 Å². The fourth-order valence-electron chi connectivity index (χ4n) is 15.5. The summed E-state index contributed by atoms with van der Waals surface area (Å²) in [7, 11) is 0. The van der Waals surface area contributed by atoms with Crippen molar-refractivity contribution in [3.63, 3.8) is 0 Å². The maximum absolute atomic E-state index is 2.70. The zero-order valence-corrected chi connectivity index (χ0v) is 42.2. The molecule has 4 aliphatic rings. The number of hydrogen-bond donors (Lipinski definition) is 0. The van der Waals surface area contributed by atoms with E-state index >= 15 is 0 Å². The van der Waals surface area contributed by atoms with Crippen molar-refractivity contribution < 1.29 is 0 Å². The fourth-order valence-corrected chi connectivity index (χ4v) is 15.5. The van der Waals surface area contributed by atoms with Crippen LogP contribution < -0.4 is 4.90 Å². The summed E-state index contributed by atoms with van der Waals surface area (Å²) in [6.07, 6.45) is 6.12. The first-order valence-corrected chi connectivity index (χ1v) is 27.5. The third-order valence-corrected chi connectivity index (χ3v) is 18.6. The normalized spacial score (nSPS) is 15.1. The van der Waals surface area contributed by atoms with Crippen molar-refractivity contribution in [1.82, 2.24) is 0 Å². The molecule has 4 aliphatic carbocycles. The zero-order chi connectivity index (χ0) is 49.7. The minimum atomic E-state index is -0.534. The van der Waals surface area contributed by atoms with E-state index < -0.39 is 5.41 Å². The Balaban J connectivity index is 1.04. The summed E-state index contributed by atoms with van der Waals surface area (Å²) in [5, 5.41) is 12.7. The first kappa shape index (κ1) is 42.3. The van der Waals surface area contributed by atoms with Gasteiger partial charge in [0.2, 0.25) is 0 Å². The SMILES string of the molecule is c1ccc2c(c1)-c1c(N(c3ccc4c5ccccc5c5ccccc5c4c3)c3cc4c(cc3-c3ccc5ccc6ccccc6c5c3)-c3ccccc3C43c4ccccc4-c4ccccc43)cccc1C21CCCCC1. The highest BCUT2D eigenvalue weighted by molar-refractivity contribution is 6.26. The van der Waals surface area contributed by atoms with Gasteiger partial charge in [0.05, 0.1) is 16.8 Å². The van der Waals surface area contributed by atoms with Crippen LogP contribution in [0, 0.1) is 0 Å². The molecule has 0 bridgehead atoms. The van der Waals surface area contributed by atoms with Crippen LogP contribution in [0.5, 0.6) is 0 Å². The summed E-state index contributed by atoms with van der Waals surface area (Å²) in [6, 6.07) is 95.8. The molecular weight excluding hydrogens is 915 g/mol. The molecule has 13 aromatic rings.